The number of carbonyl (C=O) groups excluding carboxylic acids is 1. The number of nitrogens with zero attached hydrogens (tertiary/aromatic N) is 1. The van der Waals surface area contributed by atoms with E-state index in [0.29, 0.717) is 19.0 Å². The number of amides is 1. The van der Waals surface area contributed by atoms with Crippen molar-refractivity contribution in [2.75, 3.05) is 13.1 Å². The Labute approximate surface area is 77.5 Å². The van der Waals surface area contributed by atoms with Gasteiger partial charge in [0.05, 0.1) is 0 Å². The Morgan fingerprint density at radius 1 is 1.31 bits per heavy atom. The molecule has 0 radical (unpaired) electrons. The summed E-state index contributed by atoms with van der Waals surface area (Å²) < 4.78 is 0. The Hall–Kier alpha value is -1.06. The fourth-order valence-corrected chi connectivity index (χ4v) is 1.60. The summed E-state index contributed by atoms with van der Waals surface area (Å²) in [7, 11) is 0. The van der Waals surface area contributed by atoms with Gasteiger partial charge < -0.3 is 10.0 Å². The van der Waals surface area contributed by atoms with E-state index in [0.717, 1.165) is 19.3 Å². The number of carbonyl (C=O) groups is 2. The van der Waals surface area contributed by atoms with Crippen LogP contribution in [0.15, 0.2) is 0 Å². The van der Waals surface area contributed by atoms with E-state index < -0.39 is 11.9 Å². The van der Waals surface area contributed by atoms with E-state index in [1.165, 1.54) is 4.90 Å². The number of rotatable bonds is 0. The van der Waals surface area contributed by atoms with Crippen molar-refractivity contribution in [1.82, 2.24) is 4.90 Å². The molecule has 0 aromatic heterocycles. The molecule has 0 saturated carbocycles. The first-order chi connectivity index (χ1) is 6.11. The Kier molecular flexibility index (Phi) is 3.28. The maximum atomic E-state index is 11.1. The van der Waals surface area contributed by atoms with Gasteiger partial charge in [-0.1, -0.05) is 6.92 Å². The van der Waals surface area contributed by atoms with E-state index in [2.05, 4.69) is 6.92 Å². The topological polar surface area (TPSA) is 57.6 Å². The van der Waals surface area contributed by atoms with Gasteiger partial charge in [0.2, 0.25) is 0 Å². The van der Waals surface area contributed by atoms with Crippen LogP contribution in [0.25, 0.3) is 0 Å². The van der Waals surface area contributed by atoms with Crippen molar-refractivity contribution in [3.63, 3.8) is 0 Å². The molecule has 0 aromatic carbocycles. The number of hydrogen-bond donors (Lipinski definition) is 1. The highest BCUT2D eigenvalue weighted by Crippen LogP contribution is 2.16. The van der Waals surface area contributed by atoms with Crippen LogP contribution in [0.1, 0.15) is 26.2 Å². The second-order valence-corrected chi connectivity index (χ2v) is 3.63. The van der Waals surface area contributed by atoms with Gasteiger partial charge in [-0.25, -0.2) is 4.79 Å². The van der Waals surface area contributed by atoms with Gasteiger partial charge in [-0.15, -0.1) is 0 Å². The average molecular weight is 185 g/mol. The van der Waals surface area contributed by atoms with Gasteiger partial charge in [-0.3, -0.25) is 4.79 Å². The molecule has 1 aliphatic heterocycles. The van der Waals surface area contributed by atoms with Crippen LogP contribution in [0.3, 0.4) is 0 Å². The van der Waals surface area contributed by atoms with Crippen molar-refractivity contribution < 1.29 is 14.7 Å². The standard InChI is InChI=1S/C9H15NO3/c1-7-3-2-5-10(6-4-7)8(11)9(12)13/h7H,2-6H2,1H3,(H,12,13). The first kappa shape index (κ1) is 10.0. The minimum absolute atomic E-state index is 0.590. The lowest BCUT2D eigenvalue weighted by molar-refractivity contribution is -0.155. The van der Waals surface area contributed by atoms with Crippen LogP contribution in [0.4, 0.5) is 0 Å². The lowest BCUT2D eigenvalue weighted by Gasteiger charge is -2.17. The summed E-state index contributed by atoms with van der Waals surface area (Å²) in [6.07, 6.45) is 2.92. The van der Waals surface area contributed by atoms with Crippen LogP contribution in [0, 0.1) is 5.92 Å². The minimum Gasteiger partial charge on any atom is -0.474 e. The zero-order chi connectivity index (χ0) is 9.84. The summed E-state index contributed by atoms with van der Waals surface area (Å²) in [5.74, 6) is -1.49. The van der Waals surface area contributed by atoms with Gasteiger partial charge in [0.1, 0.15) is 0 Å². The highest BCUT2D eigenvalue weighted by molar-refractivity contribution is 6.31. The first-order valence-corrected chi connectivity index (χ1v) is 4.63. The molecule has 4 heteroatoms. The van der Waals surface area contributed by atoms with E-state index in [9.17, 15) is 9.59 Å². The highest BCUT2D eigenvalue weighted by Gasteiger charge is 2.22. The third-order valence-corrected chi connectivity index (χ3v) is 2.49. The van der Waals surface area contributed by atoms with Crippen molar-refractivity contribution >= 4 is 11.9 Å². The molecule has 1 atom stereocenters. The van der Waals surface area contributed by atoms with Gasteiger partial charge in [-0.05, 0) is 25.2 Å². The van der Waals surface area contributed by atoms with Crippen molar-refractivity contribution in [1.29, 1.82) is 0 Å². The Balaban J connectivity index is 2.51. The van der Waals surface area contributed by atoms with Crippen molar-refractivity contribution in [2.45, 2.75) is 26.2 Å². The van der Waals surface area contributed by atoms with Crippen LogP contribution in [0.2, 0.25) is 0 Å². The highest BCUT2D eigenvalue weighted by atomic mass is 16.4. The molecule has 1 fully saturated rings. The molecule has 1 amide bonds. The molecule has 4 nitrogen and oxygen atoms in total. The number of carboxylic acid groups (broad SMARTS) is 1. The molecule has 0 spiro atoms. The van der Waals surface area contributed by atoms with Gasteiger partial charge in [0.25, 0.3) is 0 Å². The molecule has 1 saturated heterocycles. The van der Waals surface area contributed by atoms with E-state index in [4.69, 9.17) is 5.11 Å². The second-order valence-electron chi connectivity index (χ2n) is 3.63. The molecule has 1 unspecified atom stereocenters. The first-order valence-electron chi connectivity index (χ1n) is 4.63. The Morgan fingerprint density at radius 2 is 2.00 bits per heavy atom. The summed E-state index contributed by atoms with van der Waals surface area (Å²) in [6.45, 7) is 3.32. The molecule has 1 N–H and O–H groups in total. The predicted molar refractivity (Wildman–Crippen MR) is 47.2 cm³/mol. The molecule has 0 aromatic rings. The van der Waals surface area contributed by atoms with Gasteiger partial charge in [-0.2, -0.15) is 0 Å². The summed E-state index contributed by atoms with van der Waals surface area (Å²) in [6, 6.07) is 0. The van der Waals surface area contributed by atoms with Gasteiger partial charge in [0, 0.05) is 13.1 Å². The monoisotopic (exact) mass is 185 g/mol. The van der Waals surface area contributed by atoms with E-state index in [1.54, 1.807) is 0 Å². The maximum absolute atomic E-state index is 11.1. The Bertz CT molecular complexity index is 215. The summed E-state index contributed by atoms with van der Waals surface area (Å²) in [5.41, 5.74) is 0. The van der Waals surface area contributed by atoms with Crippen LogP contribution >= 0.6 is 0 Å². The Morgan fingerprint density at radius 3 is 2.62 bits per heavy atom. The molecule has 0 bridgehead atoms. The molecule has 0 aliphatic carbocycles. The van der Waals surface area contributed by atoms with E-state index in [-0.39, 0.29) is 0 Å². The molecule has 1 rings (SSSR count). The van der Waals surface area contributed by atoms with Crippen molar-refractivity contribution in [2.24, 2.45) is 5.92 Å². The SMILES string of the molecule is CC1CCCN(C(=O)C(=O)O)CC1. The van der Waals surface area contributed by atoms with E-state index in [1.807, 2.05) is 0 Å². The lowest BCUT2D eigenvalue weighted by atomic mass is 10.0. The molecular weight excluding hydrogens is 170 g/mol. The zero-order valence-corrected chi connectivity index (χ0v) is 7.82. The van der Waals surface area contributed by atoms with Crippen LogP contribution in [-0.4, -0.2) is 35.0 Å². The lowest BCUT2D eigenvalue weighted by Crippen LogP contribution is -2.37. The molecular formula is C9H15NO3. The third kappa shape index (κ3) is 2.72. The van der Waals surface area contributed by atoms with Crippen molar-refractivity contribution in [3.8, 4) is 0 Å². The predicted octanol–water partition coefficient (Wildman–Crippen LogP) is 0.720. The van der Waals surface area contributed by atoms with Gasteiger partial charge in [0.15, 0.2) is 0 Å². The van der Waals surface area contributed by atoms with Crippen LogP contribution in [0.5, 0.6) is 0 Å². The molecule has 1 aliphatic rings. The minimum atomic E-state index is -1.34. The normalized spacial score (nSPS) is 23.8. The maximum Gasteiger partial charge on any atom is 0.394 e. The van der Waals surface area contributed by atoms with E-state index >= 15 is 0 Å². The van der Waals surface area contributed by atoms with Gasteiger partial charge >= 0.3 is 11.9 Å². The second kappa shape index (κ2) is 4.25. The molecule has 13 heavy (non-hydrogen) atoms. The van der Waals surface area contributed by atoms with Crippen LogP contribution in [-0.2, 0) is 9.59 Å². The average Bonchev–Trinajstić information content (AvgIpc) is 2.28. The zero-order valence-electron chi connectivity index (χ0n) is 7.82. The largest absolute Gasteiger partial charge is 0.474 e. The molecule has 1 heterocycles. The summed E-state index contributed by atoms with van der Waals surface area (Å²) >= 11 is 0. The number of likely N-dealkylation sites (tertiary alicyclic amines) is 1. The summed E-state index contributed by atoms with van der Waals surface area (Å²) in [5, 5.41) is 8.50. The fourth-order valence-electron chi connectivity index (χ4n) is 1.60. The fraction of sp³-hybridized carbons (Fsp3) is 0.778. The summed E-state index contributed by atoms with van der Waals surface area (Å²) in [4.78, 5) is 22.9. The smallest absolute Gasteiger partial charge is 0.394 e. The number of hydrogen-bond acceptors (Lipinski definition) is 2. The third-order valence-electron chi connectivity index (χ3n) is 2.49. The molecule has 74 valence electrons. The quantitative estimate of drug-likeness (QED) is 0.566. The van der Waals surface area contributed by atoms with Crippen molar-refractivity contribution in [3.05, 3.63) is 0 Å². The number of carboxylic acids is 1. The number of aliphatic carboxylic acids is 1. The van der Waals surface area contributed by atoms with Crippen LogP contribution < -0.4 is 0 Å².